The Labute approximate surface area is 93.7 Å². The molecular weight excluding hydrogens is 262 g/mol. The first kappa shape index (κ1) is 9.68. The molecule has 0 bridgehead atoms. The first-order valence-electron chi connectivity index (χ1n) is 4.14. The summed E-state index contributed by atoms with van der Waals surface area (Å²) >= 11 is 4.61. The van der Waals surface area contributed by atoms with Gasteiger partial charge in [-0.2, -0.15) is 0 Å². The van der Waals surface area contributed by atoms with E-state index in [0.717, 1.165) is 16.1 Å². The number of thiazole rings is 1. The average Bonchev–Trinajstić information content (AvgIpc) is 2.61. The molecule has 14 heavy (non-hydrogen) atoms. The number of hydrogen-bond acceptors (Lipinski definition) is 2. The van der Waals surface area contributed by atoms with E-state index in [2.05, 4.69) is 20.9 Å². The summed E-state index contributed by atoms with van der Waals surface area (Å²) in [4.78, 5) is 15.0. The van der Waals surface area contributed by atoms with Crippen molar-refractivity contribution in [2.75, 3.05) is 0 Å². The highest BCUT2D eigenvalue weighted by Gasteiger charge is 2.07. The zero-order valence-electron chi connectivity index (χ0n) is 7.29. The van der Waals surface area contributed by atoms with Crippen molar-refractivity contribution in [2.24, 2.45) is 0 Å². The fourth-order valence-electron chi connectivity index (χ4n) is 1.28. The second-order valence-corrected chi connectivity index (χ2v) is 4.37. The summed E-state index contributed by atoms with van der Waals surface area (Å²) in [6.07, 6.45) is 0. The van der Waals surface area contributed by atoms with E-state index in [9.17, 15) is 4.79 Å². The van der Waals surface area contributed by atoms with Gasteiger partial charge in [0.25, 0.3) is 0 Å². The van der Waals surface area contributed by atoms with E-state index in [1.165, 1.54) is 11.3 Å². The first-order chi connectivity index (χ1) is 6.81. The molecule has 0 fully saturated rings. The number of H-pyrrole nitrogens is 1. The van der Waals surface area contributed by atoms with Crippen LogP contribution in [-0.4, -0.2) is 4.98 Å². The standard InChI is InChI=1S/C10H8BrNOS/c11-6-8-9(14-10(13)12-8)7-4-2-1-3-5-7/h1-5H,6H2,(H,12,13). The van der Waals surface area contributed by atoms with Gasteiger partial charge in [0.05, 0.1) is 4.88 Å². The SMILES string of the molecule is O=c1[nH]c(CBr)c(-c2ccccc2)s1. The van der Waals surface area contributed by atoms with Crippen LogP contribution in [0.15, 0.2) is 35.1 Å². The Kier molecular flexibility index (Phi) is 2.84. The number of hydrogen-bond donors (Lipinski definition) is 1. The monoisotopic (exact) mass is 269 g/mol. The summed E-state index contributed by atoms with van der Waals surface area (Å²) < 4.78 is 0. The van der Waals surface area contributed by atoms with Gasteiger partial charge in [0.2, 0.25) is 0 Å². The Morgan fingerprint density at radius 1 is 1.29 bits per heavy atom. The Morgan fingerprint density at radius 2 is 2.00 bits per heavy atom. The highest BCUT2D eigenvalue weighted by Crippen LogP contribution is 2.26. The smallest absolute Gasteiger partial charge is 0.305 e. The van der Waals surface area contributed by atoms with Gasteiger partial charge in [-0.1, -0.05) is 57.6 Å². The average molecular weight is 270 g/mol. The lowest BCUT2D eigenvalue weighted by atomic mass is 10.2. The molecule has 0 aliphatic carbocycles. The molecule has 0 aliphatic heterocycles. The van der Waals surface area contributed by atoms with E-state index in [1.807, 2.05) is 30.3 Å². The van der Waals surface area contributed by atoms with Crippen molar-refractivity contribution in [1.82, 2.24) is 4.98 Å². The molecule has 2 nitrogen and oxygen atoms in total. The van der Waals surface area contributed by atoms with Crippen LogP contribution >= 0.6 is 27.3 Å². The summed E-state index contributed by atoms with van der Waals surface area (Å²) in [6, 6.07) is 9.92. The second kappa shape index (κ2) is 4.11. The van der Waals surface area contributed by atoms with Crippen molar-refractivity contribution in [3.8, 4) is 10.4 Å². The van der Waals surface area contributed by atoms with Gasteiger partial charge < -0.3 is 4.98 Å². The second-order valence-electron chi connectivity index (χ2n) is 2.82. The number of benzene rings is 1. The molecule has 1 heterocycles. The van der Waals surface area contributed by atoms with Gasteiger partial charge in [-0.25, -0.2) is 0 Å². The maximum Gasteiger partial charge on any atom is 0.305 e. The van der Waals surface area contributed by atoms with Crippen molar-refractivity contribution < 1.29 is 0 Å². The van der Waals surface area contributed by atoms with Crippen LogP contribution in [0.1, 0.15) is 5.69 Å². The van der Waals surface area contributed by atoms with Gasteiger partial charge in [-0.15, -0.1) is 0 Å². The van der Waals surface area contributed by atoms with Crippen LogP contribution < -0.4 is 4.87 Å². The molecule has 0 aliphatic rings. The fraction of sp³-hybridized carbons (Fsp3) is 0.100. The lowest BCUT2D eigenvalue weighted by Gasteiger charge is -1.98. The highest BCUT2D eigenvalue weighted by atomic mass is 79.9. The van der Waals surface area contributed by atoms with Crippen LogP contribution in [0.4, 0.5) is 0 Å². The lowest BCUT2D eigenvalue weighted by Crippen LogP contribution is -1.92. The van der Waals surface area contributed by atoms with E-state index in [-0.39, 0.29) is 4.87 Å². The molecule has 1 aromatic heterocycles. The normalized spacial score (nSPS) is 10.4. The Hall–Kier alpha value is -0.870. The number of nitrogens with one attached hydrogen (secondary N) is 1. The summed E-state index contributed by atoms with van der Waals surface area (Å²) in [5, 5.41) is 0.677. The van der Waals surface area contributed by atoms with Gasteiger partial charge in [0.15, 0.2) is 0 Å². The number of aromatic amines is 1. The molecule has 72 valence electrons. The zero-order chi connectivity index (χ0) is 9.97. The fourth-order valence-corrected chi connectivity index (χ4v) is 2.74. The summed E-state index contributed by atoms with van der Waals surface area (Å²) in [7, 11) is 0. The molecule has 0 unspecified atom stereocenters. The minimum Gasteiger partial charge on any atom is -0.315 e. The van der Waals surface area contributed by atoms with Crippen LogP contribution in [0.3, 0.4) is 0 Å². The van der Waals surface area contributed by atoms with E-state index in [1.54, 1.807) is 0 Å². The predicted octanol–water partition coefficient (Wildman–Crippen LogP) is 3.00. The molecule has 0 spiro atoms. The van der Waals surface area contributed by atoms with Crippen molar-refractivity contribution >= 4 is 27.3 Å². The molecule has 1 N–H and O–H groups in total. The molecule has 0 radical (unpaired) electrons. The summed E-state index contributed by atoms with van der Waals surface area (Å²) in [5.41, 5.74) is 2.04. The Bertz CT molecular complexity index is 474. The van der Waals surface area contributed by atoms with Gasteiger partial charge in [0.1, 0.15) is 0 Å². The Balaban J connectivity index is 2.56. The van der Waals surface area contributed by atoms with E-state index in [4.69, 9.17) is 0 Å². The Morgan fingerprint density at radius 3 is 2.64 bits per heavy atom. The molecule has 0 amide bonds. The highest BCUT2D eigenvalue weighted by molar-refractivity contribution is 9.08. The number of rotatable bonds is 2. The molecule has 2 rings (SSSR count). The molecule has 0 saturated heterocycles. The number of alkyl halides is 1. The van der Waals surface area contributed by atoms with Crippen LogP contribution in [0.5, 0.6) is 0 Å². The third kappa shape index (κ3) is 1.81. The predicted molar refractivity (Wildman–Crippen MR) is 63.0 cm³/mol. The quantitative estimate of drug-likeness (QED) is 0.836. The van der Waals surface area contributed by atoms with E-state index >= 15 is 0 Å². The number of aromatic nitrogens is 1. The van der Waals surface area contributed by atoms with E-state index < -0.39 is 0 Å². The molecule has 4 heteroatoms. The largest absolute Gasteiger partial charge is 0.315 e. The minimum atomic E-state index is -0.00157. The first-order valence-corrected chi connectivity index (χ1v) is 6.08. The van der Waals surface area contributed by atoms with Crippen molar-refractivity contribution in [1.29, 1.82) is 0 Å². The van der Waals surface area contributed by atoms with Crippen LogP contribution in [-0.2, 0) is 5.33 Å². The van der Waals surface area contributed by atoms with Crippen LogP contribution in [0.2, 0.25) is 0 Å². The van der Waals surface area contributed by atoms with Gasteiger partial charge in [-0.3, -0.25) is 4.79 Å². The lowest BCUT2D eigenvalue weighted by molar-refractivity contribution is 1.21. The third-order valence-electron chi connectivity index (χ3n) is 1.89. The van der Waals surface area contributed by atoms with Gasteiger partial charge >= 0.3 is 4.87 Å². The molecule has 0 atom stereocenters. The molecule has 2 aromatic rings. The molecular formula is C10H8BrNOS. The maximum absolute atomic E-state index is 11.2. The number of halogens is 1. The van der Waals surface area contributed by atoms with Crippen LogP contribution in [0.25, 0.3) is 10.4 Å². The van der Waals surface area contributed by atoms with Crippen molar-refractivity contribution in [3.63, 3.8) is 0 Å². The van der Waals surface area contributed by atoms with Crippen molar-refractivity contribution in [2.45, 2.75) is 5.33 Å². The van der Waals surface area contributed by atoms with Crippen molar-refractivity contribution in [3.05, 3.63) is 45.7 Å². The van der Waals surface area contributed by atoms with Gasteiger partial charge in [-0.05, 0) is 5.56 Å². The van der Waals surface area contributed by atoms with Crippen LogP contribution in [0, 0.1) is 0 Å². The summed E-state index contributed by atoms with van der Waals surface area (Å²) in [5.74, 6) is 0. The molecule has 0 saturated carbocycles. The zero-order valence-corrected chi connectivity index (χ0v) is 9.69. The summed E-state index contributed by atoms with van der Waals surface area (Å²) in [6.45, 7) is 0. The third-order valence-corrected chi connectivity index (χ3v) is 3.43. The minimum absolute atomic E-state index is 0.00157. The van der Waals surface area contributed by atoms with Gasteiger partial charge in [0, 0.05) is 11.0 Å². The molecule has 1 aromatic carbocycles. The maximum atomic E-state index is 11.2. The van der Waals surface area contributed by atoms with E-state index in [0.29, 0.717) is 5.33 Å². The topological polar surface area (TPSA) is 32.9 Å².